The Morgan fingerprint density at radius 3 is 2.58 bits per heavy atom. The fourth-order valence-corrected chi connectivity index (χ4v) is 7.32. The summed E-state index contributed by atoms with van der Waals surface area (Å²) in [4.78, 5) is 22.9. The van der Waals surface area contributed by atoms with Gasteiger partial charge in [0.05, 0.1) is 5.01 Å². The Morgan fingerprint density at radius 2 is 1.74 bits per heavy atom. The number of piperidine rings is 2. The van der Waals surface area contributed by atoms with Crippen molar-refractivity contribution in [2.45, 2.75) is 89.4 Å². The molecule has 5 rings (SSSR count). The second kappa shape index (κ2) is 10.2. The number of hydrogen-bond donors (Lipinski definition) is 0. The number of carbonyl (C=O) groups is 1. The molecule has 1 aromatic rings. The van der Waals surface area contributed by atoms with E-state index in [1.165, 1.54) is 101 Å². The number of amides is 1. The van der Waals surface area contributed by atoms with Crippen molar-refractivity contribution in [1.29, 1.82) is 0 Å². The van der Waals surface area contributed by atoms with Crippen LogP contribution >= 0.6 is 11.3 Å². The van der Waals surface area contributed by atoms with Gasteiger partial charge in [0.2, 0.25) is 0 Å². The zero-order valence-corrected chi connectivity index (χ0v) is 19.9. The second-order valence-electron chi connectivity index (χ2n) is 10.3. The van der Waals surface area contributed by atoms with Crippen molar-refractivity contribution >= 4 is 17.2 Å². The fourth-order valence-electron chi connectivity index (χ4n) is 6.35. The molecule has 3 heterocycles. The van der Waals surface area contributed by atoms with Gasteiger partial charge in [-0.1, -0.05) is 38.2 Å². The van der Waals surface area contributed by atoms with E-state index in [0.29, 0.717) is 17.5 Å². The van der Waals surface area contributed by atoms with Crippen LogP contribution < -0.4 is 0 Å². The molecule has 0 bridgehead atoms. The minimum absolute atomic E-state index is 0.144. The number of likely N-dealkylation sites (tertiary alicyclic amines) is 2. The van der Waals surface area contributed by atoms with Gasteiger partial charge in [0.1, 0.15) is 5.69 Å². The Balaban J connectivity index is 1.14. The van der Waals surface area contributed by atoms with Gasteiger partial charge in [-0.15, -0.1) is 11.3 Å². The van der Waals surface area contributed by atoms with E-state index in [2.05, 4.69) is 15.9 Å². The van der Waals surface area contributed by atoms with E-state index in [1.54, 1.807) is 11.3 Å². The minimum atomic E-state index is 0.144. The van der Waals surface area contributed by atoms with Crippen LogP contribution in [0.3, 0.4) is 0 Å². The van der Waals surface area contributed by atoms with Gasteiger partial charge in [-0.2, -0.15) is 0 Å². The third kappa shape index (κ3) is 5.08. The minimum Gasteiger partial charge on any atom is -0.311 e. The average Bonchev–Trinajstić information content (AvgIpc) is 3.33. The third-order valence-corrected chi connectivity index (χ3v) is 9.28. The highest BCUT2D eigenvalue weighted by molar-refractivity contribution is 7.09. The van der Waals surface area contributed by atoms with Crippen molar-refractivity contribution in [1.82, 2.24) is 14.8 Å². The first kappa shape index (κ1) is 21.6. The van der Waals surface area contributed by atoms with Crippen LogP contribution in [0.4, 0.5) is 0 Å². The van der Waals surface area contributed by atoms with Gasteiger partial charge in [0, 0.05) is 23.5 Å². The van der Waals surface area contributed by atoms with Crippen molar-refractivity contribution in [2.24, 2.45) is 11.8 Å². The molecule has 4 nitrogen and oxygen atoms in total. The maximum atomic E-state index is 13.3. The van der Waals surface area contributed by atoms with Gasteiger partial charge in [-0.3, -0.25) is 4.79 Å². The summed E-state index contributed by atoms with van der Waals surface area (Å²) in [6.07, 6.45) is 19.4. The smallest absolute Gasteiger partial charge is 0.277 e. The maximum absolute atomic E-state index is 13.3. The first-order chi connectivity index (χ1) is 15.3. The molecular formula is C26H39N3OS. The van der Waals surface area contributed by atoms with Crippen LogP contribution in [0.2, 0.25) is 0 Å². The summed E-state index contributed by atoms with van der Waals surface area (Å²) in [5.74, 6) is 2.26. The lowest BCUT2D eigenvalue weighted by Crippen LogP contribution is -2.39. The quantitative estimate of drug-likeness (QED) is 0.545. The van der Waals surface area contributed by atoms with Gasteiger partial charge >= 0.3 is 0 Å². The molecule has 5 heteroatoms. The Morgan fingerprint density at radius 1 is 0.935 bits per heavy atom. The van der Waals surface area contributed by atoms with Crippen LogP contribution in [0, 0.1) is 11.8 Å². The lowest BCUT2D eigenvalue weighted by atomic mass is 9.85. The molecule has 1 amide bonds. The van der Waals surface area contributed by atoms with Crippen molar-refractivity contribution < 1.29 is 4.79 Å². The van der Waals surface area contributed by atoms with Crippen molar-refractivity contribution in [3.05, 3.63) is 27.9 Å². The number of hydrogen-bond acceptors (Lipinski definition) is 4. The zero-order chi connectivity index (χ0) is 21.0. The average molecular weight is 442 g/mol. The predicted octanol–water partition coefficient (Wildman–Crippen LogP) is 6.21. The van der Waals surface area contributed by atoms with Crippen LogP contribution in [0.15, 0.2) is 17.2 Å². The van der Waals surface area contributed by atoms with Gasteiger partial charge in [-0.25, -0.2) is 4.98 Å². The summed E-state index contributed by atoms with van der Waals surface area (Å²) in [7, 11) is 0. The van der Waals surface area contributed by atoms with Crippen LogP contribution in [0.1, 0.15) is 105 Å². The molecule has 2 aliphatic carbocycles. The lowest BCUT2D eigenvalue weighted by molar-refractivity contribution is 0.0743. The molecule has 1 saturated carbocycles. The summed E-state index contributed by atoms with van der Waals surface area (Å²) >= 11 is 1.72. The Bertz CT molecular complexity index is 773. The van der Waals surface area contributed by atoms with E-state index in [1.807, 2.05) is 5.38 Å². The van der Waals surface area contributed by atoms with Gasteiger partial charge in [-0.05, 0) is 82.8 Å². The Hall–Kier alpha value is -1.20. The molecule has 1 aromatic heterocycles. The lowest BCUT2D eigenvalue weighted by Gasteiger charge is -2.37. The molecule has 0 aromatic carbocycles. The largest absolute Gasteiger partial charge is 0.311 e. The third-order valence-electron chi connectivity index (χ3n) is 8.28. The number of nitrogens with zero attached hydrogens (tertiary/aromatic N) is 3. The highest BCUT2D eigenvalue weighted by Gasteiger charge is 2.32. The standard InChI is InChI=1S/C26H39N3OS/c30-26(29-15-6-10-21-9-4-5-11-24(21)29)23-19-31-25(27-23)22-13-17-28(18-14-22)16-12-20-7-2-1-3-8-20/h11,19-22H,1-10,12-18H2. The number of rotatable bonds is 5. The van der Waals surface area contributed by atoms with E-state index in [4.69, 9.17) is 4.98 Å². The van der Waals surface area contributed by atoms with Crippen LogP contribution in [-0.4, -0.2) is 46.9 Å². The molecule has 3 fully saturated rings. The van der Waals surface area contributed by atoms with E-state index in [9.17, 15) is 4.79 Å². The molecular weight excluding hydrogens is 402 g/mol. The molecule has 0 spiro atoms. The molecule has 2 aliphatic heterocycles. The molecule has 0 radical (unpaired) electrons. The van der Waals surface area contributed by atoms with E-state index in [-0.39, 0.29) is 5.91 Å². The highest BCUT2D eigenvalue weighted by Crippen LogP contribution is 2.37. The highest BCUT2D eigenvalue weighted by atomic mass is 32.1. The van der Waals surface area contributed by atoms with Gasteiger partial charge < -0.3 is 9.80 Å². The van der Waals surface area contributed by atoms with E-state index < -0.39 is 0 Å². The fraction of sp³-hybridized carbons (Fsp3) is 0.769. The second-order valence-corrected chi connectivity index (χ2v) is 11.2. The first-order valence-electron chi connectivity index (χ1n) is 13.0. The van der Waals surface area contributed by atoms with Crippen molar-refractivity contribution in [3.63, 3.8) is 0 Å². The van der Waals surface area contributed by atoms with Crippen LogP contribution in [-0.2, 0) is 0 Å². The normalized spacial score (nSPS) is 26.5. The topological polar surface area (TPSA) is 36.4 Å². The Labute approximate surface area is 192 Å². The summed E-state index contributed by atoms with van der Waals surface area (Å²) in [6, 6.07) is 0. The predicted molar refractivity (Wildman–Crippen MR) is 127 cm³/mol. The summed E-state index contributed by atoms with van der Waals surface area (Å²) in [5.41, 5.74) is 1.98. The molecule has 31 heavy (non-hydrogen) atoms. The molecule has 0 N–H and O–H groups in total. The molecule has 1 atom stereocenters. The maximum Gasteiger partial charge on any atom is 0.277 e. The van der Waals surface area contributed by atoms with E-state index >= 15 is 0 Å². The van der Waals surface area contributed by atoms with Crippen LogP contribution in [0.25, 0.3) is 0 Å². The summed E-state index contributed by atoms with van der Waals surface area (Å²) in [6.45, 7) is 4.54. The van der Waals surface area contributed by atoms with Gasteiger partial charge in [0.15, 0.2) is 0 Å². The summed E-state index contributed by atoms with van der Waals surface area (Å²) < 4.78 is 0. The molecule has 170 valence electrons. The van der Waals surface area contributed by atoms with Crippen LogP contribution in [0.5, 0.6) is 0 Å². The van der Waals surface area contributed by atoms with Gasteiger partial charge in [0.25, 0.3) is 5.91 Å². The number of aromatic nitrogens is 1. The first-order valence-corrected chi connectivity index (χ1v) is 13.9. The molecule has 2 saturated heterocycles. The summed E-state index contributed by atoms with van der Waals surface area (Å²) in [5, 5.41) is 3.22. The number of carbonyl (C=O) groups excluding carboxylic acids is 1. The number of allylic oxidation sites excluding steroid dienone is 2. The molecule has 1 unspecified atom stereocenters. The van der Waals surface area contributed by atoms with Crippen molar-refractivity contribution in [2.75, 3.05) is 26.2 Å². The monoisotopic (exact) mass is 441 g/mol. The zero-order valence-electron chi connectivity index (χ0n) is 19.1. The SMILES string of the molecule is O=C(c1csc(C2CCN(CCC3CCCCC3)CC2)n1)N1CCCC2CCCC=C21. The molecule has 4 aliphatic rings. The Kier molecular flexibility index (Phi) is 7.09. The van der Waals surface area contributed by atoms with E-state index in [0.717, 1.165) is 25.3 Å². The number of fused-ring (bicyclic) bond motifs is 1. The number of thiazole rings is 1. The van der Waals surface area contributed by atoms with Crippen molar-refractivity contribution in [3.8, 4) is 0 Å².